The van der Waals surface area contributed by atoms with Crippen molar-refractivity contribution in [3.05, 3.63) is 53.1 Å². The number of nitriles is 1. The molecule has 122 valence electrons. The number of halogens is 1. The van der Waals surface area contributed by atoms with Gasteiger partial charge in [-0.1, -0.05) is 11.6 Å². The van der Waals surface area contributed by atoms with Crippen LogP contribution < -0.4 is 15.4 Å². The molecule has 6 nitrogen and oxygen atoms in total. The van der Waals surface area contributed by atoms with E-state index in [1.165, 1.54) is 13.2 Å². The van der Waals surface area contributed by atoms with Gasteiger partial charge in [0.15, 0.2) is 0 Å². The van der Waals surface area contributed by atoms with Crippen LogP contribution in [0.2, 0.25) is 5.02 Å². The van der Waals surface area contributed by atoms with Crippen molar-refractivity contribution in [3.63, 3.8) is 0 Å². The fourth-order valence-corrected chi connectivity index (χ4v) is 2.19. The number of hydrogen-bond acceptors (Lipinski definition) is 4. The van der Waals surface area contributed by atoms with Crippen LogP contribution in [-0.2, 0) is 9.59 Å². The maximum absolute atomic E-state index is 11.9. The fraction of sp³-hybridized carbons (Fsp3) is 0.118. The number of ether oxygens (including phenoxy) is 1. The van der Waals surface area contributed by atoms with Gasteiger partial charge in [0.25, 0.3) is 0 Å². The van der Waals surface area contributed by atoms with E-state index in [4.69, 9.17) is 21.6 Å². The summed E-state index contributed by atoms with van der Waals surface area (Å²) in [6.45, 7) is 0. The molecule has 2 aromatic rings. The Labute approximate surface area is 144 Å². The zero-order valence-corrected chi connectivity index (χ0v) is 13.6. The number of amides is 2. The maximum atomic E-state index is 11.9. The summed E-state index contributed by atoms with van der Waals surface area (Å²) < 4.78 is 5.02. The molecule has 2 N–H and O–H groups in total. The second-order valence-electron chi connectivity index (χ2n) is 4.81. The zero-order chi connectivity index (χ0) is 17.5. The van der Waals surface area contributed by atoms with Crippen LogP contribution in [-0.4, -0.2) is 18.9 Å². The molecule has 0 saturated carbocycles. The lowest BCUT2D eigenvalue weighted by Gasteiger charge is -2.08. The molecule has 0 aliphatic rings. The highest BCUT2D eigenvalue weighted by Crippen LogP contribution is 2.27. The summed E-state index contributed by atoms with van der Waals surface area (Å²) >= 11 is 5.97. The number of carbonyl (C=O) groups is 2. The number of carbonyl (C=O) groups excluding carboxylic acids is 2. The smallest absolute Gasteiger partial charge is 0.233 e. The largest absolute Gasteiger partial charge is 0.495 e. The summed E-state index contributed by atoms with van der Waals surface area (Å²) in [6.07, 6.45) is -0.344. The van der Waals surface area contributed by atoms with E-state index in [2.05, 4.69) is 10.6 Å². The van der Waals surface area contributed by atoms with Crippen molar-refractivity contribution in [2.24, 2.45) is 0 Å². The monoisotopic (exact) mass is 343 g/mol. The van der Waals surface area contributed by atoms with Crippen molar-refractivity contribution in [1.29, 1.82) is 5.26 Å². The average molecular weight is 344 g/mol. The molecule has 24 heavy (non-hydrogen) atoms. The molecule has 0 aliphatic carbocycles. The summed E-state index contributed by atoms with van der Waals surface area (Å²) in [6, 6.07) is 13.1. The summed E-state index contributed by atoms with van der Waals surface area (Å²) in [5.41, 5.74) is 1.47. The Balaban J connectivity index is 1.90. The lowest BCUT2D eigenvalue weighted by molar-refractivity contribution is -0.123. The highest BCUT2D eigenvalue weighted by atomic mass is 35.5. The molecule has 0 spiro atoms. The van der Waals surface area contributed by atoms with Crippen LogP contribution in [0.1, 0.15) is 12.0 Å². The van der Waals surface area contributed by atoms with Crippen LogP contribution >= 0.6 is 11.6 Å². The van der Waals surface area contributed by atoms with Crippen LogP contribution in [0.15, 0.2) is 42.5 Å². The predicted octanol–water partition coefficient (Wildman–Crippen LogP) is 3.19. The minimum atomic E-state index is -0.470. The first-order valence-corrected chi connectivity index (χ1v) is 7.33. The van der Waals surface area contributed by atoms with Gasteiger partial charge in [0.1, 0.15) is 12.2 Å². The summed E-state index contributed by atoms with van der Waals surface area (Å²) in [7, 11) is 1.49. The Bertz CT molecular complexity index is 798. The van der Waals surface area contributed by atoms with E-state index in [0.717, 1.165) is 0 Å². The third-order valence-corrected chi connectivity index (χ3v) is 3.35. The first-order chi connectivity index (χ1) is 11.5. The van der Waals surface area contributed by atoms with Gasteiger partial charge in [0.2, 0.25) is 11.8 Å². The minimum absolute atomic E-state index is 0.344. The third-order valence-electron chi connectivity index (χ3n) is 3.05. The Kier molecular flexibility index (Phi) is 5.77. The number of nitrogens with zero attached hydrogens (tertiary/aromatic N) is 1. The Morgan fingerprint density at radius 2 is 1.67 bits per heavy atom. The van der Waals surface area contributed by atoms with Gasteiger partial charge in [-0.15, -0.1) is 0 Å². The molecule has 0 unspecified atom stereocenters. The molecule has 0 aromatic heterocycles. The molecule has 2 aromatic carbocycles. The standard InChI is InChI=1S/C17H14ClN3O3/c1-24-15-7-6-13(8-14(15)18)21-17(23)9-16(22)20-12-4-2-11(10-19)3-5-12/h2-8H,9H2,1H3,(H,20,22)(H,21,23). The van der Waals surface area contributed by atoms with Gasteiger partial charge >= 0.3 is 0 Å². The van der Waals surface area contributed by atoms with Crippen LogP contribution in [0.5, 0.6) is 5.75 Å². The molecular formula is C17H14ClN3O3. The molecule has 0 atom stereocenters. The van der Waals surface area contributed by atoms with E-state index in [0.29, 0.717) is 27.7 Å². The van der Waals surface area contributed by atoms with Gasteiger partial charge in [-0.2, -0.15) is 5.26 Å². The predicted molar refractivity (Wildman–Crippen MR) is 91.0 cm³/mol. The zero-order valence-electron chi connectivity index (χ0n) is 12.8. The molecule has 2 amide bonds. The van der Waals surface area contributed by atoms with E-state index >= 15 is 0 Å². The van der Waals surface area contributed by atoms with Crippen molar-refractivity contribution < 1.29 is 14.3 Å². The molecule has 2 rings (SSSR count). The van der Waals surface area contributed by atoms with Crippen molar-refractivity contribution in [3.8, 4) is 11.8 Å². The van der Waals surface area contributed by atoms with Crippen molar-refractivity contribution in [2.45, 2.75) is 6.42 Å². The van der Waals surface area contributed by atoms with E-state index in [1.54, 1.807) is 36.4 Å². The molecular weight excluding hydrogens is 330 g/mol. The van der Waals surface area contributed by atoms with Crippen LogP contribution in [0, 0.1) is 11.3 Å². The summed E-state index contributed by atoms with van der Waals surface area (Å²) in [4.78, 5) is 23.7. The van der Waals surface area contributed by atoms with Crippen molar-refractivity contribution in [1.82, 2.24) is 0 Å². The molecule has 7 heteroatoms. The average Bonchev–Trinajstić information content (AvgIpc) is 2.55. The van der Waals surface area contributed by atoms with E-state index in [-0.39, 0.29) is 6.42 Å². The van der Waals surface area contributed by atoms with Gasteiger partial charge in [-0.05, 0) is 42.5 Å². The maximum Gasteiger partial charge on any atom is 0.233 e. The third kappa shape index (κ3) is 4.73. The van der Waals surface area contributed by atoms with Gasteiger partial charge in [-0.3, -0.25) is 9.59 Å². The van der Waals surface area contributed by atoms with Crippen LogP contribution in [0.3, 0.4) is 0 Å². The Morgan fingerprint density at radius 1 is 1.08 bits per heavy atom. The normalized spacial score (nSPS) is 9.71. The van der Waals surface area contributed by atoms with Gasteiger partial charge in [0.05, 0.1) is 23.8 Å². The number of anilines is 2. The topological polar surface area (TPSA) is 91.2 Å². The van der Waals surface area contributed by atoms with E-state index < -0.39 is 11.8 Å². The Morgan fingerprint density at radius 3 is 2.21 bits per heavy atom. The number of methoxy groups -OCH3 is 1. The van der Waals surface area contributed by atoms with Crippen molar-refractivity contribution in [2.75, 3.05) is 17.7 Å². The van der Waals surface area contributed by atoms with Crippen LogP contribution in [0.4, 0.5) is 11.4 Å². The van der Waals surface area contributed by atoms with Gasteiger partial charge in [0, 0.05) is 11.4 Å². The molecule has 0 saturated heterocycles. The van der Waals surface area contributed by atoms with Gasteiger partial charge < -0.3 is 15.4 Å². The fourth-order valence-electron chi connectivity index (χ4n) is 1.93. The number of hydrogen-bond donors (Lipinski definition) is 2. The van der Waals surface area contributed by atoms with Gasteiger partial charge in [-0.25, -0.2) is 0 Å². The van der Waals surface area contributed by atoms with E-state index in [1.807, 2.05) is 6.07 Å². The molecule has 0 radical (unpaired) electrons. The lowest BCUT2D eigenvalue weighted by atomic mass is 10.2. The highest BCUT2D eigenvalue weighted by Gasteiger charge is 2.11. The second kappa shape index (κ2) is 7.99. The van der Waals surface area contributed by atoms with Crippen LogP contribution in [0.25, 0.3) is 0 Å². The quantitative estimate of drug-likeness (QED) is 0.815. The van der Waals surface area contributed by atoms with Crippen molar-refractivity contribution >= 4 is 34.8 Å². The highest BCUT2D eigenvalue weighted by molar-refractivity contribution is 6.32. The second-order valence-corrected chi connectivity index (χ2v) is 5.22. The number of rotatable bonds is 5. The first-order valence-electron chi connectivity index (χ1n) is 6.95. The Hall–Kier alpha value is -3.04. The lowest BCUT2D eigenvalue weighted by Crippen LogP contribution is -2.21. The molecule has 0 aliphatic heterocycles. The number of nitrogens with one attached hydrogen (secondary N) is 2. The minimum Gasteiger partial charge on any atom is -0.495 e. The molecule has 0 fully saturated rings. The van der Waals surface area contributed by atoms with E-state index in [9.17, 15) is 9.59 Å². The first kappa shape index (κ1) is 17.3. The SMILES string of the molecule is COc1ccc(NC(=O)CC(=O)Nc2ccc(C#N)cc2)cc1Cl. The summed E-state index contributed by atoms with van der Waals surface area (Å²) in [5, 5.41) is 14.2. The molecule has 0 heterocycles. The summed E-state index contributed by atoms with van der Waals surface area (Å²) in [5.74, 6) is -0.438. The number of benzene rings is 2. The molecule has 0 bridgehead atoms.